The molecule has 0 saturated carbocycles. The van der Waals surface area contributed by atoms with Gasteiger partial charge in [-0.2, -0.15) is 21.6 Å². The Hall–Kier alpha value is -2.27. The van der Waals surface area contributed by atoms with E-state index in [1.807, 2.05) is 0 Å². The van der Waals surface area contributed by atoms with E-state index in [1.54, 1.807) is 0 Å². The number of carbonyl (C=O) groups excluding carboxylic acids is 1. The van der Waals surface area contributed by atoms with Gasteiger partial charge in [-0.25, -0.2) is 0 Å². The minimum absolute atomic E-state index is 0.0603. The number of nitrogens with one attached hydrogen (secondary N) is 2. The van der Waals surface area contributed by atoms with E-state index in [1.165, 1.54) is 29.1 Å². The number of rotatable bonds is 5. The van der Waals surface area contributed by atoms with E-state index in [9.17, 15) is 26.4 Å². The molecule has 0 fully saturated rings. The van der Waals surface area contributed by atoms with Gasteiger partial charge in [0, 0.05) is 22.8 Å². The van der Waals surface area contributed by atoms with E-state index < -0.39 is 27.5 Å². The van der Waals surface area contributed by atoms with Crippen molar-refractivity contribution in [2.24, 2.45) is 11.5 Å². The summed E-state index contributed by atoms with van der Waals surface area (Å²) in [6.45, 7) is 0. The Labute approximate surface area is 128 Å². The molecule has 23 heavy (non-hydrogen) atoms. The number of sulfonamides is 1. The van der Waals surface area contributed by atoms with Gasteiger partial charge in [0.15, 0.2) is 0 Å². The summed E-state index contributed by atoms with van der Waals surface area (Å²) in [6, 6.07) is 2.84. The van der Waals surface area contributed by atoms with Crippen LogP contribution in [0.4, 0.5) is 18.9 Å². The number of alkyl halides is 3. The van der Waals surface area contributed by atoms with Crippen LogP contribution in [-0.2, 0) is 21.2 Å². The number of aromatic amines is 1. The normalized spacial score (nSPS) is 13.9. The number of anilines is 1. The molecule has 6 N–H and O–H groups in total. The molecule has 126 valence electrons. The molecule has 0 unspecified atom stereocenters. The van der Waals surface area contributed by atoms with Gasteiger partial charge < -0.3 is 16.5 Å². The van der Waals surface area contributed by atoms with Crippen molar-refractivity contribution in [3.8, 4) is 0 Å². The molecular weight excluding hydrogens is 337 g/mol. The monoisotopic (exact) mass is 350 g/mol. The first-order chi connectivity index (χ1) is 10.5. The fourth-order valence-electron chi connectivity index (χ4n) is 1.96. The molecule has 1 aromatic heterocycles. The zero-order valence-corrected chi connectivity index (χ0v) is 12.3. The Morgan fingerprint density at radius 1 is 1.35 bits per heavy atom. The lowest BCUT2D eigenvalue weighted by molar-refractivity contribution is -0.119. The fraction of sp³-hybridized carbons (Fsp3) is 0.250. The Balaban J connectivity index is 2.36. The summed E-state index contributed by atoms with van der Waals surface area (Å²) in [7, 11) is -5.51. The molecule has 7 nitrogen and oxygen atoms in total. The first-order valence-electron chi connectivity index (χ1n) is 6.25. The van der Waals surface area contributed by atoms with E-state index in [4.69, 9.17) is 11.5 Å². The number of hydrogen-bond donors (Lipinski definition) is 4. The second-order valence-corrected chi connectivity index (χ2v) is 6.51. The highest BCUT2D eigenvalue weighted by atomic mass is 32.2. The smallest absolute Gasteiger partial charge is 0.368 e. The number of H-pyrrole nitrogens is 1. The summed E-state index contributed by atoms with van der Waals surface area (Å²) in [5, 5.41) is 0.434. The van der Waals surface area contributed by atoms with Crippen LogP contribution in [0.15, 0.2) is 24.4 Å². The van der Waals surface area contributed by atoms with E-state index in [0.717, 1.165) is 0 Å². The Bertz CT molecular complexity index is 845. The number of nitrogens with two attached hydrogens (primary N) is 2. The number of benzene rings is 1. The van der Waals surface area contributed by atoms with Crippen molar-refractivity contribution in [3.05, 3.63) is 30.0 Å². The standard InChI is InChI=1S/C12H13F3N4O3S/c13-12(14,15)23(21,22)19-7-1-2-10-8(4-7)6(5-18-10)3-9(16)11(17)20/h1-2,4-5,9,18-19H,3,16H2,(H2,17,20)/t9-/m0/s1. The Morgan fingerprint density at radius 3 is 2.57 bits per heavy atom. The van der Waals surface area contributed by atoms with E-state index in [-0.39, 0.29) is 12.1 Å². The third-order valence-electron chi connectivity index (χ3n) is 3.13. The van der Waals surface area contributed by atoms with Gasteiger partial charge in [-0.05, 0) is 30.2 Å². The van der Waals surface area contributed by atoms with Crippen molar-refractivity contribution in [1.29, 1.82) is 0 Å². The number of halogens is 3. The predicted molar refractivity (Wildman–Crippen MR) is 77.8 cm³/mol. The minimum atomic E-state index is -5.51. The number of carbonyl (C=O) groups is 1. The average Bonchev–Trinajstić information content (AvgIpc) is 2.79. The second-order valence-electron chi connectivity index (χ2n) is 4.84. The first-order valence-corrected chi connectivity index (χ1v) is 7.73. The number of aromatic nitrogens is 1. The Morgan fingerprint density at radius 2 is 2.00 bits per heavy atom. The second kappa shape index (κ2) is 5.74. The highest BCUT2D eigenvalue weighted by Gasteiger charge is 2.46. The molecule has 0 radical (unpaired) electrons. The lowest BCUT2D eigenvalue weighted by Crippen LogP contribution is -2.38. The fourth-order valence-corrected chi connectivity index (χ4v) is 2.51. The summed E-state index contributed by atoms with van der Waals surface area (Å²) in [4.78, 5) is 13.8. The van der Waals surface area contributed by atoms with Crippen LogP contribution < -0.4 is 16.2 Å². The third kappa shape index (κ3) is 3.56. The van der Waals surface area contributed by atoms with Crippen LogP contribution in [-0.4, -0.2) is 30.9 Å². The van der Waals surface area contributed by atoms with Crippen molar-refractivity contribution in [3.63, 3.8) is 0 Å². The van der Waals surface area contributed by atoms with Crippen molar-refractivity contribution < 1.29 is 26.4 Å². The third-order valence-corrected chi connectivity index (χ3v) is 4.24. The summed E-state index contributed by atoms with van der Waals surface area (Å²) >= 11 is 0. The molecule has 0 aliphatic rings. The molecule has 0 aliphatic heterocycles. The van der Waals surface area contributed by atoms with Crippen molar-refractivity contribution in [2.45, 2.75) is 18.0 Å². The van der Waals surface area contributed by atoms with Gasteiger partial charge in [0.2, 0.25) is 5.91 Å². The van der Waals surface area contributed by atoms with E-state index >= 15 is 0 Å². The summed E-state index contributed by atoms with van der Waals surface area (Å²) in [5.74, 6) is -0.728. The van der Waals surface area contributed by atoms with E-state index in [2.05, 4.69) is 4.98 Å². The highest BCUT2D eigenvalue weighted by Crippen LogP contribution is 2.28. The van der Waals surface area contributed by atoms with Crippen LogP contribution >= 0.6 is 0 Å². The molecule has 0 bridgehead atoms. The van der Waals surface area contributed by atoms with Crippen LogP contribution in [0.5, 0.6) is 0 Å². The number of fused-ring (bicyclic) bond motifs is 1. The number of amides is 1. The molecular formula is C12H13F3N4O3S. The topological polar surface area (TPSA) is 131 Å². The van der Waals surface area contributed by atoms with Crippen LogP contribution in [0.25, 0.3) is 10.9 Å². The zero-order valence-electron chi connectivity index (χ0n) is 11.5. The molecule has 1 atom stereocenters. The van der Waals surface area contributed by atoms with Crippen LogP contribution in [0, 0.1) is 0 Å². The predicted octanol–water partition coefficient (Wildman–Crippen LogP) is 0.784. The SMILES string of the molecule is NC(=O)[C@@H](N)Cc1c[nH]c2ccc(NS(=O)(=O)C(F)(F)F)cc12. The van der Waals surface area contributed by atoms with Crippen molar-refractivity contribution >= 4 is 32.5 Å². The zero-order chi connectivity index (χ0) is 17.4. The molecule has 0 aliphatic carbocycles. The van der Waals surface area contributed by atoms with Gasteiger partial charge in [-0.1, -0.05) is 0 Å². The molecule has 2 aromatic rings. The maximum absolute atomic E-state index is 12.4. The molecule has 1 amide bonds. The number of primary amides is 1. The lowest BCUT2D eigenvalue weighted by atomic mass is 10.0. The maximum Gasteiger partial charge on any atom is 0.516 e. The van der Waals surface area contributed by atoms with Crippen molar-refractivity contribution in [1.82, 2.24) is 4.98 Å². The summed E-state index contributed by atoms with van der Waals surface area (Å²) in [5.41, 5.74) is 6.01. The van der Waals surface area contributed by atoms with Crippen LogP contribution in [0.1, 0.15) is 5.56 Å². The Kier molecular flexibility index (Phi) is 4.26. The first kappa shape index (κ1) is 17.1. The quantitative estimate of drug-likeness (QED) is 0.635. The van der Waals surface area contributed by atoms with Crippen LogP contribution in [0.2, 0.25) is 0 Å². The van der Waals surface area contributed by atoms with Gasteiger partial charge in [0.25, 0.3) is 0 Å². The van der Waals surface area contributed by atoms with E-state index in [0.29, 0.717) is 16.5 Å². The van der Waals surface area contributed by atoms with Crippen molar-refractivity contribution in [2.75, 3.05) is 4.72 Å². The largest absolute Gasteiger partial charge is 0.516 e. The van der Waals surface area contributed by atoms with Gasteiger partial charge in [0.1, 0.15) is 0 Å². The van der Waals surface area contributed by atoms with Gasteiger partial charge in [-0.3, -0.25) is 9.52 Å². The summed E-state index contributed by atoms with van der Waals surface area (Å²) < 4.78 is 60.9. The number of hydrogen-bond acceptors (Lipinski definition) is 4. The average molecular weight is 350 g/mol. The lowest BCUT2D eigenvalue weighted by Gasteiger charge is -2.11. The van der Waals surface area contributed by atoms with Crippen LogP contribution in [0.3, 0.4) is 0 Å². The molecule has 1 aromatic carbocycles. The summed E-state index contributed by atoms with van der Waals surface area (Å²) in [6.07, 6.45) is 1.58. The van der Waals surface area contributed by atoms with Gasteiger partial charge in [0.05, 0.1) is 6.04 Å². The highest BCUT2D eigenvalue weighted by molar-refractivity contribution is 7.93. The molecule has 11 heteroatoms. The molecule has 2 rings (SSSR count). The molecule has 1 heterocycles. The molecule has 0 spiro atoms. The van der Waals surface area contributed by atoms with Gasteiger partial charge in [-0.15, -0.1) is 0 Å². The molecule has 0 saturated heterocycles. The van der Waals surface area contributed by atoms with Gasteiger partial charge >= 0.3 is 15.5 Å². The minimum Gasteiger partial charge on any atom is -0.368 e. The maximum atomic E-state index is 12.4.